The van der Waals surface area contributed by atoms with Gasteiger partial charge in [-0.15, -0.1) is 0 Å². The van der Waals surface area contributed by atoms with Crippen molar-refractivity contribution in [3.63, 3.8) is 0 Å². The van der Waals surface area contributed by atoms with Crippen LogP contribution in [0.3, 0.4) is 0 Å². The first-order valence-electron chi connectivity index (χ1n) is 9.64. The monoisotopic (exact) mass is 401 g/mol. The van der Waals surface area contributed by atoms with Gasteiger partial charge in [0.15, 0.2) is 0 Å². The molecule has 0 aliphatic rings. The van der Waals surface area contributed by atoms with Crippen molar-refractivity contribution in [1.29, 1.82) is 0 Å². The van der Waals surface area contributed by atoms with Gasteiger partial charge in [-0.25, -0.2) is 0 Å². The lowest BCUT2D eigenvalue weighted by atomic mass is 10.2. The molecule has 1 N–H and O–H groups in total. The molecule has 0 atom stereocenters. The molecule has 0 saturated carbocycles. The van der Waals surface area contributed by atoms with E-state index in [0.717, 1.165) is 22.9 Å². The van der Waals surface area contributed by atoms with E-state index in [9.17, 15) is 4.79 Å². The second-order valence-electron chi connectivity index (χ2n) is 7.05. The molecule has 1 aromatic carbocycles. The fraction of sp³-hybridized carbons (Fsp3) is 0.174. The quantitative estimate of drug-likeness (QED) is 0.529. The van der Waals surface area contributed by atoms with Crippen LogP contribution in [-0.4, -0.2) is 25.2 Å². The number of aromatic nitrogens is 4. The minimum absolute atomic E-state index is 0.229. The molecule has 0 aliphatic carbocycles. The van der Waals surface area contributed by atoms with Crippen LogP contribution in [-0.2, 0) is 13.7 Å². The van der Waals surface area contributed by atoms with Crippen LogP contribution >= 0.6 is 0 Å². The maximum atomic E-state index is 13.0. The Hall–Kier alpha value is -3.87. The van der Waals surface area contributed by atoms with E-state index in [1.807, 2.05) is 74.0 Å². The van der Waals surface area contributed by atoms with Crippen molar-refractivity contribution in [2.75, 3.05) is 5.32 Å². The minimum atomic E-state index is -0.229. The minimum Gasteiger partial charge on any atom is -0.487 e. The highest BCUT2D eigenvalue weighted by Crippen LogP contribution is 2.23. The molecule has 1 amide bonds. The molecule has 4 aromatic rings. The molecular weight excluding hydrogens is 378 g/mol. The number of rotatable bonds is 6. The largest absolute Gasteiger partial charge is 0.487 e. The SMILES string of the molecule is Cc1ccc(C)n1-c1c(C(=O)Nc2cccc(OCc3ccccn3)c2)cnn1C. The van der Waals surface area contributed by atoms with Gasteiger partial charge in [0, 0.05) is 36.4 Å². The highest BCUT2D eigenvalue weighted by molar-refractivity contribution is 6.06. The van der Waals surface area contributed by atoms with E-state index in [-0.39, 0.29) is 5.91 Å². The number of carbonyl (C=O) groups excluding carboxylic acids is 1. The zero-order valence-electron chi connectivity index (χ0n) is 17.2. The number of amides is 1. The summed E-state index contributed by atoms with van der Waals surface area (Å²) < 4.78 is 9.54. The Bertz CT molecular complexity index is 1160. The number of ether oxygens (including phenoxy) is 1. The van der Waals surface area contributed by atoms with Crippen LogP contribution in [0.4, 0.5) is 5.69 Å². The van der Waals surface area contributed by atoms with Crippen LogP contribution in [0.1, 0.15) is 27.4 Å². The Morgan fingerprint density at radius 1 is 1.07 bits per heavy atom. The van der Waals surface area contributed by atoms with Crippen molar-refractivity contribution in [2.45, 2.75) is 20.5 Å². The van der Waals surface area contributed by atoms with Crippen molar-refractivity contribution < 1.29 is 9.53 Å². The first kappa shape index (κ1) is 19.4. The van der Waals surface area contributed by atoms with E-state index >= 15 is 0 Å². The van der Waals surface area contributed by atoms with Crippen LogP contribution in [0, 0.1) is 13.8 Å². The van der Waals surface area contributed by atoms with E-state index in [1.165, 1.54) is 0 Å². The van der Waals surface area contributed by atoms with Gasteiger partial charge in [0.2, 0.25) is 0 Å². The van der Waals surface area contributed by atoms with Gasteiger partial charge >= 0.3 is 0 Å². The molecule has 0 saturated heterocycles. The Labute approximate surface area is 174 Å². The molecular formula is C23H23N5O2. The second-order valence-corrected chi connectivity index (χ2v) is 7.05. The average Bonchev–Trinajstić information content (AvgIpc) is 3.28. The lowest BCUT2D eigenvalue weighted by molar-refractivity contribution is 0.102. The molecule has 3 aromatic heterocycles. The maximum Gasteiger partial charge on any atom is 0.261 e. The molecule has 0 spiro atoms. The van der Waals surface area contributed by atoms with E-state index < -0.39 is 0 Å². The summed E-state index contributed by atoms with van der Waals surface area (Å²) in [5.41, 5.74) is 4.06. The summed E-state index contributed by atoms with van der Waals surface area (Å²) >= 11 is 0. The van der Waals surface area contributed by atoms with E-state index in [2.05, 4.69) is 15.4 Å². The molecule has 0 aliphatic heterocycles. The van der Waals surface area contributed by atoms with Gasteiger partial charge in [0.1, 0.15) is 23.7 Å². The first-order valence-corrected chi connectivity index (χ1v) is 9.64. The average molecular weight is 401 g/mol. The molecule has 3 heterocycles. The number of hydrogen-bond acceptors (Lipinski definition) is 4. The summed E-state index contributed by atoms with van der Waals surface area (Å²) in [5, 5.41) is 7.25. The highest BCUT2D eigenvalue weighted by atomic mass is 16.5. The fourth-order valence-corrected chi connectivity index (χ4v) is 3.36. The Kier molecular flexibility index (Phi) is 5.34. The number of anilines is 1. The van der Waals surface area contributed by atoms with Crippen molar-refractivity contribution >= 4 is 11.6 Å². The van der Waals surface area contributed by atoms with Crippen molar-refractivity contribution in [2.24, 2.45) is 7.05 Å². The molecule has 0 bridgehead atoms. The molecule has 152 valence electrons. The number of pyridine rings is 1. The van der Waals surface area contributed by atoms with E-state index in [4.69, 9.17) is 4.74 Å². The van der Waals surface area contributed by atoms with Gasteiger partial charge in [-0.05, 0) is 50.2 Å². The summed E-state index contributed by atoms with van der Waals surface area (Å²) in [6.45, 7) is 4.37. The number of nitrogens with zero attached hydrogens (tertiary/aromatic N) is 4. The van der Waals surface area contributed by atoms with E-state index in [0.29, 0.717) is 23.6 Å². The standard InChI is InChI=1S/C23H23N5O2/c1-16-10-11-17(2)28(16)23-21(14-25-27(23)3)22(29)26-18-8-6-9-20(13-18)30-15-19-7-4-5-12-24-19/h4-14H,15H2,1-3H3,(H,26,29). The Morgan fingerprint density at radius 3 is 2.60 bits per heavy atom. The molecule has 7 heteroatoms. The van der Waals surface area contributed by atoms with Crippen LogP contribution in [0.5, 0.6) is 5.75 Å². The van der Waals surface area contributed by atoms with Crippen molar-refractivity contribution in [3.8, 4) is 11.6 Å². The maximum absolute atomic E-state index is 13.0. The number of aryl methyl sites for hydroxylation is 3. The van der Waals surface area contributed by atoms with Gasteiger partial charge < -0.3 is 14.6 Å². The number of carbonyl (C=O) groups is 1. The lowest BCUT2D eigenvalue weighted by Gasteiger charge is -2.13. The summed E-state index contributed by atoms with van der Waals surface area (Å²) in [6.07, 6.45) is 3.32. The lowest BCUT2D eigenvalue weighted by Crippen LogP contribution is -2.16. The third-order valence-electron chi connectivity index (χ3n) is 4.84. The van der Waals surface area contributed by atoms with Crippen LogP contribution in [0.25, 0.3) is 5.82 Å². The Balaban J connectivity index is 1.53. The zero-order valence-corrected chi connectivity index (χ0v) is 17.2. The molecule has 30 heavy (non-hydrogen) atoms. The summed E-state index contributed by atoms with van der Waals surface area (Å²) in [6, 6.07) is 17.0. The van der Waals surface area contributed by atoms with Crippen molar-refractivity contribution in [1.82, 2.24) is 19.3 Å². The molecule has 0 fully saturated rings. The highest BCUT2D eigenvalue weighted by Gasteiger charge is 2.20. The predicted octanol–water partition coefficient (Wildman–Crippen LogP) is 4.05. The summed E-state index contributed by atoms with van der Waals surface area (Å²) in [7, 11) is 1.83. The third kappa shape index (κ3) is 3.96. The van der Waals surface area contributed by atoms with Gasteiger partial charge in [0.05, 0.1) is 11.9 Å². The van der Waals surface area contributed by atoms with Gasteiger partial charge in [0.25, 0.3) is 5.91 Å². The third-order valence-corrected chi connectivity index (χ3v) is 4.84. The van der Waals surface area contributed by atoms with Crippen LogP contribution < -0.4 is 10.1 Å². The molecule has 7 nitrogen and oxygen atoms in total. The number of nitrogens with one attached hydrogen (secondary N) is 1. The van der Waals surface area contributed by atoms with Gasteiger partial charge in [-0.3, -0.25) is 14.5 Å². The number of hydrogen-bond donors (Lipinski definition) is 1. The molecule has 4 rings (SSSR count). The van der Waals surface area contributed by atoms with Crippen molar-refractivity contribution in [3.05, 3.63) is 89.6 Å². The van der Waals surface area contributed by atoms with Gasteiger partial charge in [-0.1, -0.05) is 12.1 Å². The summed E-state index contributed by atoms with van der Waals surface area (Å²) in [5.74, 6) is 1.16. The fourth-order valence-electron chi connectivity index (χ4n) is 3.36. The van der Waals surface area contributed by atoms with Crippen LogP contribution in [0.15, 0.2) is 67.0 Å². The topological polar surface area (TPSA) is 74.0 Å². The molecule has 0 radical (unpaired) electrons. The second kappa shape index (κ2) is 8.24. The zero-order chi connectivity index (χ0) is 21.1. The number of benzene rings is 1. The molecule has 0 unspecified atom stereocenters. The van der Waals surface area contributed by atoms with Gasteiger partial charge in [-0.2, -0.15) is 5.10 Å². The normalized spacial score (nSPS) is 10.8. The smallest absolute Gasteiger partial charge is 0.261 e. The summed E-state index contributed by atoms with van der Waals surface area (Å²) in [4.78, 5) is 17.3. The predicted molar refractivity (Wildman–Crippen MR) is 115 cm³/mol. The Morgan fingerprint density at radius 2 is 1.87 bits per heavy atom. The van der Waals surface area contributed by atoms with E-state index in [1.54, 1.807) is 23.1 Å². The first-order chi connectivity index (χ1) is 14.5. The van der Waals surface area contributed by atoms with Crippen LogP contribution in [0.2, 0.25) is 0 Å².